The third kappa shape index (κ3) is 3.38. The Balaban J connectivity index is 1.72. The molecule has 3 rings (SSSR count). The second-order valence-electron chi connectivity index (χ2n) is 5.89. The second-order valence-corrected chi connectivity index (χ2v) is 6.84. The van der Waals surface area contributed by atoms with E-state index >= 15 is 0 Å². The fourth-order valence-electron chi connectivity index (χ4n) is 2.76. The topological polar surface area (TPSA) is 102 Å². The number of rotatable bonds is 6. The quantitative estimate of drug-likeness (QED) is 0.688. The van der Waals surface area contributed by atoms with E-state index in [2.05, 4.69) is 15.4 Å². The Bertz CT molecular complexity index is 950. The van der Waals surface area contributed by atoms with Gasteiger partial charge in [-0.2, -0.15) is 5.10 Å². The molecule has 8 nitrogen and oxygen atoms in total. The molecule has 0 aliphatic carbocycles. The summed E-state index contributed by atoms with van der Waals surface area (Å²) in [5.74, 6) is -0.561. The number of aromatic carboxylic acids is 1. The van der Waals surface area contributed by atoms with Crippen LogP contribution >= 0.6 is 11.3 Å². The molecule has 3 heterocycles. The summed E-state index contributed by atoms with van der Waals surface area (Å²) in [7, 11) is 1.80. The van der Waals surface area contributed by atoms with Crippen molar-refractivity contribution >= 4 is 23.2 Å². The Morgan fingerprint density at radius 3 is 2.58 bits per heavy atom. The molecule has 0 atom stereocenters. The molecular formula is C17H19N5O3S. The van der Waals surface area contributed by atoms with E-state index in [0.29, 0.717) is 29.4 Å². The highest BCUT2D eigenvalue weighted by Crippen LogP contribution is 2.19. The first-order valence-corrected chi connectivity index (χ1v) is 8.89. The highest BCUT2D eigenvalue weighted by Gasteiger charge is 2.19. The van der Waals surface area contributed by atoms with Gasteiger partial charge in [-0.3, -0.25) is 9.48 Å². The third-order valence-electron chi connectivity index (χ3n) is 4.03. The van der Waals surface area contributed by atoms with Crippen molar-refractivity contribution in [2.24, 2.45) is 7.05 Å². The minimum atomic E-state index is -1.05. The summed E-state index contributed by atoms with van der Waals surface area (Å²) in [6, 6.07) is 3.99. The van der Waals surface area contributed by atoms with Crippen LogP contribution in [-0.2, 0) is 13.5 Å². The van der Waals surface area contributed by atoms with E-state index in [0.717, 1.165) is 11.4 Å². The molecule has 2 N–H and O–H groups in total. The maximum Gasteiger partial charge on any atom is 0.355 e. The SMILES string of the molecule is Cc1ccc(C)n1-c1c(C(=O)NCCc2nc(C(=O)O)cs2)cnn1C. The fourth-order valence-corrected chi connectivity index (χ4v) is 3.53. The first-order chi connectivity index (χ1) is 12.4. The van der Waals surface area contributed by atoms with Crippen molar-refractivity contribution < 1.29 is 14.7 Å². The molecule has 0 fully saturated rings. The molecule has 9 heteroatoms. The van der Waals surface area contributed by atoms with Crippen molar-refractivity contribution in [3.05, 3.63) is 51.4 Å². The molecule has 26 heavy (non-hydrogen) atoms. The van der Waals surface area contributed by atoms with Crippen LogP contribution in [0.5, 0.6) is 0 Å². The summed E-state index contributed by atoms with van der Waals surface area (Å²) in [4.78, 5) is 27.5. The monoisotopic (exact) mass is 373 g/mol. The van der Waals surface area contributed by atoms with Crippen LogP contribution < -0.4 is 5.32 Å². The Labute approximate surface area is 154 Å². The van der Waals surface area contributed by atoms with Crippen molar-refractivity contribution in [3.8, 4) is 5.82 Å². The molecule has 3 aromatic rings. The molecule has 136 valence electrons. The maximum atomic E-state index is 12.6. The Morgan fingerprint density at radius 1 is 1.27 bits per heavy atom. The highest BCUT2D eigenvalue weighted by atomic mass is 32.1. The molecule has 0 radical (unpaired) electrons. The van der Waals surface area contributed by atoms with Crippen molar-refractivity contribution in [1.82, 2.24) is 24.6 Å². The maximum absolute atomic E-state index is 12.6. The highest BCUT2D eigenvalue weighted by molar-refractivity contribution is 7.09. The summed E-state index contributed by atoms with van der Waals surface area (Å²) in [5.41, 5.74) is 2.55. The van der Waals surface area contributed by atoms with Crippen LogP contribution in [0.2, 0.25) is 0 Å². The van der Waals surface area contributed by atoms with Gasteiger partial charge in [0.05, 0.1) is 11.2 Å². The van der Waals surface area contributed by atoms with E-state index in [-0.39, 0.29) is 11.6 Å². The van der Waals surface area contributed by atoms with Crippen molar-refractivity contribution in [2.45, 2.75) is 20.3 Å². The van der Waals surface area contributed by atoms with Gasteiger partial charge in [-0.1, -0.05) is 0 Å². The van der Waals surface area contributed by atoms with E-state index in [4.69, 9.17) is 5.11 Å². The summed E-state index contributed by atoms with van der Waals surface area (Å²) in [6.45, 7) is 4.32. The van der Waals surface area contributed by atoms with Crippen LogP contribution in [0.25, 0.3) is 5.82 Å². The van der Waals surface area contributed by atoms with E-state index in [1.165, 1.54) is 16.7 Å². The zero-order valence-corrected chi connectivity index (χ0v) is 15.5. The number of amides is 1. The molecule has 0 aliphatic heterocycles. The number of thiazole rings is 1. The zero-order valence-electron chi connectivity index (χ0n) is 14.7. The van der Waals surface area contributed by atoms with Crippen LogP contribution in [0.3, 0.4) is 0 Å². The number of aromatic nitrogens is 4. The largest absolute Gasteiger partial charge is 0.476 e. The van der Waals surface area contributed by atoms with E-state index in [9.17, 15) is 9.59 Å². The van der Waals surface area contributed by atoms with Gasteiger partial charge in [0, 0.05) is 36.8 Å². The molecule has 3 aromatic heterocycles. The van der Waals surface area contributed by atoms with Crippen molar-refractivity contribution in [1.29, 1.82) is 0 Å². The standard InChI is InChI=1S/C17H19N5O3S/c1-10-4-5-11(2)22(10)16-12(8-19-21(16)3)15(23)18-7-6-14-20-13(9-26-14)17(24)25/h4-5,8-9H,6-7H2,1-3H3,(H,18,23)(H,24,25). The van der Waals surface area contributed by atoms with Crippen molar-refractivity contribution in [2.75, 3.05) is 6.54 Å². The lowest BCUT2D eigenvalue weighted by molar-refractivity contribution is 0.0690. The number of aryl methyl sites for hydroxylation is 3. The second kappa shape index (κ2) is 7.12. The van der Waals surface area contributed by atoms with Gasteiger partial charge in [0.1, 0.15) is 11.4 Å². The number of nitrogens with one attached hydrogen (secondary N) is 1. The predicted molar refractivity (Wildman–Crippen MR) is 97.1 cm³/mol. The van der Waals surface area contributed by atoms with Gasteiger partial charge in [-0.05, 0) is 26.0 Å². The Hall–Kier alpha value is -2.94. The van der Waals surface area contributed by atoms with Gasteiger partial charge < -0.3 is 15.0 Å². The third-order valence-corrected chi connectivity index (χ3v) is 4.94. The van der Waals surface area contributed by atoms with Gasteiger partial charge in [0.15, 0.2) is 5.69 Å². The normalized spacial score (nSPS) is 10.9. The van der Waals surface area contributed by atoms with Gasteiger partial charge in [0.25, 0.3) is 5.91 Å². The lowest BCUT2D eigenvalue weighted by Gasteiger charge is -2.12. The average Bonchev–Trinajstić information content (AvgIpc) is 3.28. The molecular weight excluding hydrogens is 354 g/mol. The van der Waals surface area contributed by atoms with Gasteiger partial charge in [-0.25, -0.2) is 9.78 Å². The van der Waals surface area contributed by atoms with Gasteiger partial charge in [-0.15, -0.1) is 11.3 Å². The number of carboxylic acid groups (broad SMARTS) is 1. The summed E-state index contributed by atoms with van der Waals surface area (Å²) < 4.78 is 3.66. The summed E-state index contributed by atoms with van der Waals surface area (Å²) >= 11 is 1.27. The fraction of sp³-hybridized carbons (Fsp3) is 0.294. The number of hydrogen-bond acceptors (Lipinski definition) is 5. The number of carbonyl (C=O) groups excluding carboxylic acids is 1. The number of hydrogen-bond donors (Lipinski definition) is 2. The first kappa shape index (κ1) is 17.9. The van der Waals surface area contributed by atoms with E-state index in [1.807, 2.05) is 30.5 Å². The Kier molecular flexibility index (Phi) is 4.90. The van der Waals surface area contributed by atoms with Crippen LogP contribution in [0, 0.1) is 13.8 Å². The Morgan fingerprint density at radius 2 is 1.96 bits per heavy atom. The molecule has 0 saturated heterocycles. The molecule has 0 aromatic carbocycles. The molecule has 0 aliphatic rings. The molecule has 1 amide bonds. The van der Waals surface area contributed by atoms with Gasteiger partial charge in [0.2, 0.25) is 0 Å². The first-order valence-electron chi connectivity index (χ1n) is 8.01. The van der Waals surface area contributed by atoms with Gasteiger partial charge >= 0.3 is 5.97 Å². The lowest BCUT2D eigenvalue weighted by atomic mass is 10.2. The van der Waals surface area contributed by atoms with E-state index in [1.54, 1.807) is 17.9 Å². The number of carbonyl (C=O) groups is 2. The van der Waals surface area contributed by atoms with Crippen molar-refractivity contribution in [3.63, 3.8) is 0 Å². The molecule has 0 unspecified atom stereocenters. The number of nitrogens with zero attached hydrogens (tertiary/aromatic N) is 4. The summed E-state index contributed by atoms with van der Waals surface area (Å²) in [5, 5.41) is 18.1. The minimum Gasteiger partial charge on any atom is -0.476 e. The predicted octanol–water partition coefficient (Wildman–Crippen LogP) is 1.95. The minimum absolute atomic E-state index is 0.0319. The zero-order chi connectivity index (χ0) is 18.8. The molecule has 0 saturated carbocycles. The lowest BCUT2D eigenvalue weighted by Crippen LogP contribution is -2.27. The van der Waals surface area contributed by atoms with Crippen LogP contribution in [-0.4, -0.2) is 42.9 Å². The van der Waals surface area contributed by atoms with Crippen LogP contribution in [0.4, 0.5) is 0 Å². The average molecular weight is 373 g/mol. The molecule has 0 spiro atoms. The molecule has 0 bridgehead atoms. The smallest absolute Gasteiger partial charge is 0.355 e. The van der Waals surface area contributed by atoms with Crippen LogP contribution in [0.1, 0.15) is 37.2 Å². The number of carboxylic acids is 1. The van der Waals surface area contributed by atoms with E-state index < -0.39 is 5.97 Å². The van der Waals surface area contributed by atoms with Crippen LogP contribution in [0.15, 0.2) is 23.7 Å². The summed E-state index contributed by atoms with van der Waals surface area (Å²) in [6.07, 6.45) is 2.02.